The normalized spacial score (nSPS) is 12.5. The van der Waals surface area contributed by atoms with Crippen LogP contribution in [0, 0.1) is 0 Å². The fourth-order valence-electron chi connectivity index (χ4n) is 2.24. The van der Waals surface area contributed by atoms with Crippen molar-refractivity contribution in [2.75, 3.05) is 0 Å². The van der Waals surface area contributed by atoms with Gasteiger partial charge in [0.05, 0.1) is 15.9 Å². The summed E-state index contributed by atoms with van der Waals surface area (Å²) in [6.45, 7) is 3.15. The molecule has 112 valence electrons. The number of rotatable bonds is 5. The largest absolute Gasteiger partial charge is 0.315 e. The number of hydrogen-bond acceptors (Lipinski definition) is 3. The lowest BCUT2D eigenvalue weighted by atomic mass is 10.3. The van der Waals surface area contributed by atoms with Crippen molar-refractivity contribution in [3.63, 3.8) is 0 Å². The van der Waals surface area contributed by atoms with Gasteiger partial charge in [-0.3, -0.25) is 0 Å². The third-order valence-corrected chi connectivity index (χ3v) is 4.42. The van der Waals surface area contributed by atoms with Crippen LogP contribution in [0.25, 0.3) is 10.2 Å². The van der Waals surface area contributed by atoms with Crippen LogP contribution in [0.5, 0.6) is 0 Å². The molecule has 3 rings (SSSR count). The third kappa shape index (κ3) is 3.31. The van der Waals surface area contributed by atoms with Gasteiger partial charge < -0.3 is 4.57 Å². The monoisotopic (exact) mass is 310 g/mol. The summed E-state index contributed by atoms with van der Waals surface area (Å²) in [5, 5.41) is 12.5. The van der Waals surface area contributed by atoms with Crippen LogP contribution in [0.1, 0.15) is 19.8 Å². The molecular formula is C17H18N4S. The summed E-state index contributed by atoms with van der Waals surface area (Å²) < 4.78 is 3.46. The van der Waals surface area contributed by atoms with E-state index in [0.717, 1.165) is 29.9 Å². The lowest BCUT2D eigenvalue weighted by Crippen LogP contribution is -2.14. The molecule has 0 amide bonds. The molecule has 4 nitrogen and oxygen atoms in total. The lowest BCUT2D eigenvalue weighted by molar-refractivity contribution is 0.630. The molecule has 0 N–H and O–H groups in total. The Morgan fingerprint density at radius 3 is 2.59 bits per heavy atom. The quantitative estimate of drug-likeness (QED) is 0.464. The maximum absolute atomic E-state index is 4.33. The maximum Gasteiger partial charge on any atom is 0.213 e. The Morgan fingerprint density at radius 2 is 1.77 bits per heavy atom. The van der Waals surface area contributed by atoms with Crippen molar-refractivity contribution in [1.29, 1.82) is 0 Å². The van der Waals surface area contributed by atoms with E-state index in [-0.39, 0.29) is 0 Å². The number of para-hydroxylation sites is 1. The molecule has 2 aromatic carbocycles. The number of aromatic nitrogens is 1. The van der Waals surface area contributed by atoms with Gasteiger partial charge in [0, 0.05) is 6.54 Å². The van der Waals surface area contributed by atoms with E-state index >= 15 is 0 Å². The van der Waals surface area contributed by atoms with Gasteiger partial charge in [0.2, 0.25) is 4.80 Å². The van der Waals surface area contributed by atoms with Crippen molar-refractivity contribution in [3.8, 4) is 0 Å². The Kier molecular flexibility index (Phi) is 4.75. The van der Waals surface area contributed by atoms with Gasteiger partial charge in [0.15, 0.2) is 0 Å². The molecule has 0 atom stereocenters. The van der Waals surface area contributed by atoms with Crippen molar-refractivity contribution in [2.45, 2.75) is 26.3 Å². The standard InChI is InChI=1S/C17H18N4S/c1-2-3-13-21-15-11-7-8-12-16(15)22-17(21)19-20-18-14-9-5-4-6-10-14/h4-12H,2-3,13H2,1H3/b19-17-,20-18?. The molecule has 0 saturated heterocycles. The number of nitrogens with zero attached hydrogens (tertiary/aromatic N) is 4. The first-order chi connectivity index (χ1) is 10.9. The molecule has 0 fully saturated rings. The first-order valence-electron chi connectivity index (χ1n) is 7.46. The minimum absolute atomic E-state index is 0.812. The molecule has 1 heterocycles. The Labute approximate surface area is 133 Å². The topological polar surface area (TPSA) is 42.0 Å². The molecule has 0 aliphatic carbocycles. The van der Waals surface area contributed by atoms with E-state index < -0.39 is 0 Å². The van der Waals surface area contributed by atoms with E-state index in [2.05, 4.69) is 51.2 Å². The van der Waals surface area contributed by atoms with Gasteiger partial charge in [-0.1, -0.05) is 55.0 Å². The summed E-state index contributed by atoms with van der Waals surface area (Å²) in [6.07, 6.45) is 2.28. The van der Waals surface area contributed by atoms with Crippen LogP contribution in [0.4, 0.5) is 5.69 Å². The average molecular weight is 310 g/mol. The Bertz CT molecular complexity index is 830. The highest BCUT2D eigenvalue weighted by atomic mass is 32.1. The van der Waals surface area contributed by atoms with E-state index in [4.69, 9.17) is 0 Å². The van der Waals surface area contributed by atoms with E-state index in [9.17, 15) is 0 Å². The summed E-state index contributed by atoms with van der Waals surface area (Å²) in [5.74, 6) is 0. The molecule has 0 saturated carbocycles. The third-order valence-electron chi connectivity index (χ3n) is 3.37. The number of fused-ring (bicyclic) bond motifs is 1. The predicted octanol–water partition coefficient (Wildman–Crippen LogP) is 5.10. The molecular weight excluding hydrogens is 292 g/mol. The zero-order valence-corrected chi connectivity index (χ0v) is 13.3. The van der Waals surface area contributed by atoms with E-state index in [1.54, 1.807) is 11.3 Å². The number of aryl methyl sites for hydroxylation is 1. The van der Waals surface area contributed by atoms with Gasteiger partial charge >= 0.3 is 0 Å². The van der Waals surface area contributed by atoms with Crippen LogP contribution in [0.3, 0.4) is 0 Å². The van der Waals surface area contributed by atoms with Gasteiger partial charge in [0.25, 0.3) is 0 Å². The number of hydrogen-bond donors (Lipinski definition) is 0. The van der Waals surface area contributed by atoms with Crippen LogP contribution in [-0.4, -0.2) is 4.57 Å². The SMILES string of the molecule is CCCCn1/c(=N/N=Nc2ccccc2)sc2ccccc21. The summed E-state index contributed by atoms with van der Waals surface area (Å²) in [4.78, 5) is 0.898. The molecule has 22 heavy (non-hydrogen) atoms. The Morgan fingerprint density at radius 1 is 1.00 bits per heavy atom. The van der Waals surface area contributed by atoms with Gasteiger partial charge in [-0.2, -0.15) is 0 Å². The second kappa shape index (κ2) is 7.13. The minimum Gasteiger partial charge on any atom is -0.315 e. The molecule has 0 spiro atoms. The molecule has 0 bridgehead atoms. The minimum atomic E-state index is 0.812. The van der Waals surface area contributed by atoms with Crippen LogP contribution in [0.2, 0.25) is 0 Å². The molecule has 0 aliphatic heterocycles. The van der Waals surface area contributed by atoms with E-state index in [0.29, 0.717) is 0 Å². The van der Waals surface area contributed by atoms with Gasteiger partial charge in [0.1, 0.15) is 0 Å². The van der Waals surface area contributed by atoms with Crippen LogP contribution >= 0.6 is 11.3 Å². The van der Waals surface area contributed by atoms with Crippen molar-refractivity contribution >= 4 is 27.2 Å². The molecule has 5 heteroatoms. The molecule has 0 radical (unpaired) electrons. The van der Waals surface area contributed by atoms with Crippen LogP contribution in [-0.2, 0) is 6.54 Å². The smallest absolute Gasteiger partial charge is 0.213 e. The summed E-state index contributed by atoms with van der Waals surface area (Å²) in [5.41, 5.74) is 2.03. The zero-order valence-electron chi connectivity index (χ0n) is 12.5. The second-order valence-electron chi connectivity index (χ2n) is 4.98. The first-order valence-corrected chi connectivity index (χ1v) is 8.28. The molecule has 0 aliphatic rings. The van der Waals surface area contributed by atoms with Crippen molar-refractivity contribution in [1.82, 2.24) is 4.57 Å². The highest BCUT2D eigenvalue weighted by molar-refractivity contribution is 7.16. The molecule has 0 unspecified atom stereocenters. The fraction of sp³-hybridized carbons (Fsp3) is 0.235. The summed E-state index contributed by atoms with van der Waals surface area (Å²) in [6, 6.07) is 18.0. The lowest BCUT2D eigenvalue weighted by Gasteiger charge is -2.02. The fourth-order valence-corrected chi connectivity index (χ4v) is 3.24. The van der Waals surface area contributed by atoms with Gasteiger partial charge in [-0.25, -0.2) is 0 Å². The molecule has 3 aromatic rings. The number of unbranched alkanes of at least 4 members (excludes halogenated alkanes) is 1. The second-order valence-corrected chi connectivity index (χ2v) is 5.99. The van der Waals surface area contributed by atoms with Crippen LogP contribution < -0.4 is 4.80 Å². The Hall–Kier alpha value is -2.27. The maximum atomic E-state index is 4.33. The van der Waals surface area contributed by atoms with Crippen LogP contribution in [0.15, 0.2) is 70.0 Å². The summed E-state index contributed by atoms with van der Waals surface area (Å²) >= 11 is 1.65. The number of thiazole rings is 1. The van der Waals surface area contributed by atoms with Crippen molar-refractivity contribution in [3.05, 3.63) is 59.4 Å². The average Bonchev–Trinajstić information content (AvgIpc) is 2.91. The van der Waals surface area contributed by atoms with Gasteiger partial charge in [-0.05, 0) is 35.9 Å². The van der Waals surface area contributed by atoms with E-state index in [1.165, 1.54) is 10.2 Å². The Balaban J connectivity index is 1.98. The summed E-state index contributed by atoms with van der Waals surface area (Å²) in [7, 11) is 0. The predicted molar refractivity (Wildman–Crippen MR) is 91.2 cm³/mol. The highest BCUT2D eigenvalue weighted by Crippen LogP contribution is 2.17. The highest BCUT2D eigenvalue weighted by Gasteiger charge is 2.04. The zero-order chi connectivity index (χ0) is 15.2. The number of benzene rings is 2. The first kappa shape index (κ1) is 14.7. The van der Waals surface area contributed by atoms with Crippen molar-refractivity contribution in [2.24, 2.45) is 15.4 Å². The molecule has 1 aromatic heterocycles. The van der Waals surface area contributed by atoms with Crippen molar-refractivity contribution < 1.29 is 0 Å². The van der Waals surface area contributed by atoms with Gasteiger partial charge in [-0.15, -0.1) is 10.2 Å². The van der Waals surface area contributed by atoms with E-state index in [1.807, 2.05) is 30.3 Å².